The van der Waals surface area contributed by atoms with Crippen molar-refractivity contribution in [3.8, 4) is 5.75 Å². The first kappa shape index (κ1) is 12.5. The van der Waals surface area contributed by atoms with Gasteiger partial charge in [-0.05, 0) is 37.9 Å². The summed E-state index contributed by atoms with van der Waals surface area (Å²) in [6.07, 6.45) is 2.84. The predicted octanol–water partition coefficient (Wildman–Crippen LogP) is 1.85. The van der Waals surface area contributed by atoms with Crippen LogP contribution >= 0.6 is 0 Å². The van der Waals surface area contributed by atoms with Gasteiger partial charge in [-0.15, -0.1) is 0 Å². The van der Waals surface area contributed by atoms with Gasteiger partial charge >= 0.3 is 5.97 Å². The van der Waals surface area contributed by atoms with Crippen molar-refractivity contribution in [1.82, 2.24) is 4.90 Å². The van der Waals surface area contributed by atoms with Crippen molar-refractivity contribution >= 4 is 5.97 Å². The maximum absolute atomic E-state index is 11.9. The van der Waals surface area contributed by atoms with Crippen LogP contribution in [0, 0.1) is 0 Å². The first-order valence-corrected chi connectivity index (χ1v) is 6.79. The lowest BCUT2D eigenvalue weighted by atomic mass is 9.79. The molecule has 0 spiro atoms. The number of benzene rings is 1. The molecular formula is C15H19NO3. The molecule has 0 N–H and O–H groups in total. The lowest BCUT2D eigenvalue weighted by molar-refractivity contribution is -0.169. The van der Waals surface area contributed by atoms with Crippen LogP contribution in [0.25, 0.3) is 0 Å². The number of nitrogens with zero attached hydrogens (tertiary/aromatic N) is 1. The molecule has 0 amide bonds. The van der Waals surface area contributed by atoms with Gasteiger partial charge in [0, 0.05) is 6.04 Å². The molecule has 1 aromatic carbocycles. The molecule has 19 heavy (non-hydrogen) atoms. The highest BCUT2D eigenvalue weighted by molar-refractivity contribution is 5.82. The first-order valence-electron chi connectivity index (χ1n) is 6.79. The molecule has 2 atom stereocenters. The summed E-state index contributed by atoms with van der Waals surface area (Å²) < 4.78 is 10.7. The fraction of sp³-hybridized carbons (Fsp3) is 0.533. The van der Waals surface area contributed by atoms with Gasteiger partial charge in [0.15, 0.2) is 0 Å². The highest BCUT2D eigenvalue weighted by Gasteiger charge is 2.60. The second kappa shape index (κ2) is 4.85. The Morgan fingerprint density at radius 1 is 1.42 bits per heavy atom. The Morgan fingerprint density at radius 3 is 2.95 bits per heavy atom. The third kappa shape index (κ3) is 2.00. The Bertz CT molecular complexity index is 462. The second-order valence-electron chi connectivity index (χ2n) is 5.30. The van der Waals surface area contributed by atoms with E-state index in [1.165, 1.54) is 7.11 Å². The zero-order chi connectivity index (χ0) is 13.3. The zero-order valence-corrected chi connectivity index (χ0v) is 11.2. The SMILES string of the molecule is COC(=O)[C@]12CCCN1[C@H](COc1ccccc1)C2. The fourth-order valence-electron chi connectivity index (χ4n) is 3.39. The van der Waals surface area contributed by atoms with Crippen LogP contribution in [0.4, 0.5) is 0 Å². The quantitative estimate of drug-likeness (QED) is 0.775. The summed E-state index contributed by atoms with van der Waals surface area (Å²) >= 11 is 0. The van der Waals surface area contributed by atoms with Gasteiger partial charge in [-0.2, -0.15) is 0 Å². The first-order chi connectivity index (χ1) is 9.26. The number of rotatable bonds is 4. The van der Waals surface area contributed by atoms with E-state index in [1.807, 2.05) is 30.3 Å². The Morgan fingerprint density at radius 2 is 2.21 bits per heavy atom. The molecular weight excluding hydrogens is 242 g/mol. The smallest absolute Gasteiger partial charge is 0.326 e. The van der Waals surface area contributed by atoms with Crippen molar-refractivity contribution in [3.63, 3.8) is 0 Å². The molecule has 4 heteroatoms. The molecule has 0 unspecified atom stereocenters. The number of fused-ring (bicyclic) bond motifs is 1. The average molecular weight is 261 g/mol. The van der Waals surface area contributed by atoms with E-state index in [0.29, 0.717) is 12.6 Å². The van der Waals surface area contributed by atoms with E-state index in [1.54, 1.807) is 0 Å². The van der Waals surface area contributed by atoms with E-state index in [0.717, 1.165) is 31.6 Å². The van der Waals surface area contributed by atoms with Crippen molar-refractivity contribution in [1.29, 1.82) is 0 Å². The Labute approximate surface area is 113 Å². The maximum Gasteiger partial charge on any atom is 0.326 e. The monoisotopic (exact) mass is 261 g/mol. The minimum absolute atomic E-state index is 0.0824. The van der Waals surface area contributed by atoms with Gasteiger partial charge < -0.3 is 9.47 Å². The second-order valence-corrected chi connectivity index (χ2v) is 5.30. The number of hydrogen-bond acceptors (Lipinski definition) is 4. The summed E-state index contributed by atoms with van der Waals surface area (Å²) in [6.45, 7) is 1.61. The van der Waals surface area contributed by atoms with Crippen LogP contribution in [0.1, 0.15) is 19.3 Å². The van der Waals surface area contributed by atoms with Crippen molar-refractivity contribution in [2.24, 2.45) is 0 Å². The summed E-state index contributed by atoms with van der Waals surface area (Å²) in [5, 5.41) is 0. The molecule has 0 saturated carbocycles. The average Bonchev–Trinajstić information content (AvgIpc) is 2.78. The number of hydrogen-bond donors (Lipinski definition) is 0. The maximum atomic E-state index is 11.9. The van der Waals surface area contributed by atoms with Gasteiger partial charge in [0.25, 0.3) is 0 Å². The highest BCUT2D eigenvalue weighted by atomic mass is 16.5. The van der Waals surface area contributed by atoms with E-state index in [9.17, 15) is 4.79 Å². The summed E-state index contributed by atoms with van der Waals surface area (Å²) in [5.41, 5.74) is -0.348. The predicted molar refractivity (Wildman–Crippen MR) is 71.0 cm³/mol. The van der Waals surface area contributed by atoms with E-state index in [4.69, 9.17) is 9.47 Å². The molecule has 1 aromatic rings. The van der Waals surface area contributed by atoms with Gasteiger partial charge in [-0.3, -0.25) is 9.69 Å². The molecule has 2 aliphatic heterocycles. The van der Waals surface area contributed by atoms with Crippen LogP contribution in [0.5, 0.6) is 5.75 Å². The Kier molecular flexibility index (Phi) is 3.19. The van der Waals surface area contributed by atoms with Gasteiger partial charge in [0.05, 0.1) is 7.11 Å². The van der Waals surface area contributed by atoms with Gasteiger partial charge in [-0.25, -0.2) is 0 Å². The normalized spacial score (nSPS) is 29.4. The van der Waals surface area contributed by atoms with E-state index in [2.05, 4.69) is 4.90 Å². The number of ether oxygens (including phenoxy) is 2. The number of carbonyl (C=O) groups excluding carboxylic acids is 1. The molecule has 0 aliphatic carbocycles. The standard InChI is InChI=1S/C15H19NO3/c1-18-14(17)15-8-5-9-16(15)12(10-15)11-19-13-6-3-2-4-7-13/h2-4,6-7,12H,5,8-11H2,1H3/t12-,15+/m0/s1. The van der Waals surface area contributed by atoms with Gasteiger partial charge in [-0.1, -0.05) is 18.2 Å². The summed E-state index contributed by atoms with van der Waals surface area (Å²) in [4.78, 5) is 14.2. The number of esters is 1. The van der Waals surface area contributed by atoms with Crippen molar-refractivity contribution in [2.75, 3.05) is 20.3 Å². The number of para-hydroxylation sites is 1. The van der Waals surface area contributed by atoms with Gasteiger partial charge in [0.1, 0.15) is 17.9 Å². The minimum Gasteiger partial charge on any atom is -0.492 e. The Balaban J connectivity index is 1.59. The van der Waals surface area contributed by atoms with Crippen LogP contribution < -0.4 is 4.74 Å². The molecule has 2 saturated heterocycles. The van der Waals surface area contributed by atoms with E-state index in [-0.39, 0.29) is 11.5 Å². The molecule has 2 fully saturated rings. The topological polar surface area (TPSA) is 38.8 Å². The molecule has 2 heterocycles. The van der Waals surface area contributed by atoms with Crippen LogP contribution in [0.15, 0.2) is 30.3 Å². The molecule has 4 nitrogen and oxygen atoms in total. The lowest BCUT2D eigenvalue weighted by Gasteiger charge is -2.51. The number of methoxy groups -OCH3 is 1. The molecule has 3 rings (SSSR count). The highest BCUT2D eigenvalue weighted by Crippen LogP contribution is 2.46. The van der Waals surface area contributed by atoms with Crippen molar-refractivity contribution in [2.45, 2.75) is 30.8 Å². The van der Waals surface area contributed by atoms with Crippen molar-refractivity contribution < 1.29 is 14.3 Å². The van der Waals surface area contributed by atoms with Crippen LogP contribution in [-0.4, -0.2) is 42.7 Å². The molecule has 0 radical (unpaired) electrons. The molecule has 2 aliphatic rings. The number of carbonyl (C=O) groups is 1. The molecule has 0 aromatic heterocycles. The summed E-state index contributed by atoms with van der Waals surface area (Å²) in [7, 11) is 1.47. The molecule has 0 bridgehead atoms. The third-order valence-corrected chi connectivity index (χ3v) is 4.30. The van der Waals surface area contributed by atoms with Crippen molar-refractivity contribution in [3.05, 3.63) is 30.3 Å². The fourth-order valence-corrected chi connectivity index (χ4v) is 3.39. The largest absolute Gasteiger partial charge is 0.492 e. The molecule has 102 valence electrons. The van der Waals surface area contributed by atoms with E-state index >= 15 is 0 Å². The van der Waals surface area contributed by atoms with Crippen LogP contribution in [-0.2, 0) is 9.53 Å². The summed E-state index contributed by atoms with van der Waals surface area (Å²) in [5.74, 6) is 0.804. The van der Waals surface area contributed by atoms with E-state index < -0.39 is 0 Å². The lowest BCUT2D eigenvalue weighted by Crippen LogP contribution is -2.68. The Hall–Kier alpha value is -1.55. The van der Waals surface area contributed by atoms with Crippen LogP contribution in [0.2, 0.25) is 0 Å². The third-order valence-electron chi connectivity index (χ3n) is 4.30. The summed E-state index contributed by atoms with van der Waals surface area (Å²) in [6, 6.07) is 10.1. The van der Waals surface area contributed by atoms with Gasteiger partial charge in [0.2, 0.25) is 0 Å². The van der Waals surface area contributed by atoms with Crippen LogP contribution in [0.3, 0.4) is 0 Å². The zero-order valence-electron chi connectivity index (χ0n) is 11.2. The minimum atomic E-state index is -0.348.